The zero-order chi connectivity index (χ0) is 21.3. The van der Waals surface area contributed by atoms with Crippen LogP contribution in [-0.4, -0.2) is 21.4 Å². The molecule has 1 amide bonds. The highest BCUT2D eigenvalue weighted by molar-refractivity contribution is 7.92. The molecule has 1 atom stereocenters. The molecule has 1 unspecified atom stereocenters. The van der Waals surface area contributed by atoms with Crippen LogP contribution in [0.2, 0.25) is 5.02 Å². The molecule has 0 fully saturated rings. The van der Waals surface area contributed by atoms with Gasteiger partial charge < -0.3 is 14.8 Å². The van der Waals surface area contributed by atoms with E-state index in [4.69, 9.17) is 21.1 Å². The minimum absolute atomic E-state index is 0.0975. The van der Waals surface area contributed by atoms with Gasteiger partial charge in [-0.25, -0.2) is 8.42 Å². The smallest absolute Gasteiger partial charge is 0.270 e. The summed E-state index contributed by atoms with van der Waals surface area (Å²) in [5.74, 6) is 0.254. The fraction of sp³-hybridized carbons (Fsp3) is 0.0952. The van der Waals surface area contributed by atoms with Crippen molar-refractivity contribution in [3.05, 3.63) is 77.3 Å². The number of carbonyl (C=O) groups is 1. The van der Waals surface area contributed by atoms with Crippen molar-refractivity contribution in [3.63, 3.8) is 0 Å². The minimum Gasteiger partial charge on any atom is -0.495 e. The van der Waals surface area contributed by atoms with Gasteiger partial charge in [0.05, 0.1) is 18.5 Å². The highest BCUT2D eigenvalue weighted by Gasteiger charge is 2.29. The molecule has 4 rings (SSSR count). The van der Waals surface area contributed by atoms with Gasteiger partial charge in [0.25, 0.3) is 15.9 Å². The molecule has 3 aromatic rings. The van der Waals surface area contributed by atoms with Gasteiger partial charge in [-0.1, -0.05) is 41.9 Å². The minimum atomic E-state index is -3.99. The maximum Gasteiger partial charge on any atom is 0.270 e. The van der Waals surface area contributed by atoms with E-state index in [9.17, 15) is 13.2 Å². The predicted molar refractivity (Wildman–Crippen MR) is 114 cm³/mol. The number of ether oxygens (including phenoxy) is 2. The summed E-state index contributed by atoms with van der Waals surface area (Å²) in [7, 11) is -2.61. The SMILES string of the molecule is COc1ccc(Cl)cc1S(=O)(=O)Nc1ccc2c(c1)NC(=O)C(c1ccccc1)O2. The van der Waals surface area contributed by atoms with Gasteiger partial charge in [-0.15, -0.1) is 0 Å². The van der Waals surface area contributed by atoms with E-state index in [0.717, 1.165) is 5.56 Å². The Bertz CT molecular complexity index is 1220. The van der Waals surface area contributed by atoms with Gasteiger partial charge in [-0.05, 0) is 36.4 Å². The van der Waals surface area contributed by atoms with Gasteiger partial charge in [0.1, 0.15) is 16.4 Å². The summed E-state index contributed by atoms with van der Waals surface area (Å²) in [5.41, 5.74) is 1.33. The summed E-state index contributed by atoms with van der Waals surface area (Å²) in [6.07, 6.45) is -0.781. The molecule has 154 valence electrons. The first-order valence-corrected chi connectivity index (χ1v) is 10.8. The molecule has 1 heterocycles. The van der Waals surface area contributed by atoms with Gasteiger partial charge in [0, 0.05) is 10.6 Å². The Labute approximate surface area is 178 Å². The molecular formula is C21H17ClN2O5S. The maximum atomic E-state index is 12.8. The molecule has 9 heteroatoms. The zero-order valence-electron chi connectivity index (χ0n) is 15.8. The summed E-state index contributed by atoms with van der Waals surface area (Å²) in [4.78, 5) is 12.4. The number of sulfonamides is 1. The van der Waals surface area contributed by atoms with E-state index in [1.807, 2.05) is 18.2 Å². The summed E-state index contributed by atoms with van der Waals surface area (Å²) in [6, 6.07) is 18.0. The van der Waals surface area contributed by atoms with Crippen LogP contribution >= 0.6 is 11.6 Å². The summed E-state index contributed by atoms with van der Waals surface area (Å²) in [5, 5.41) is 3.02. The lowest BCUT2D eigenvalue weighted by atomic mass is 10.1. The Balaban J connectivity index is 1.61. The third-order valence-corrected chi connectivity index (χ3v) is 6.13. The molecule has 1 aliphatic rings. The van der Waals surface area contributed by atoms with E-state index >= 15 is 0 Å². The monoisotopic (exact) mass is 444 g/mol. The third-order valence-electron chi connectivity index (χ3n) is 4.49. The van der Waals surface area contributed by atoms with Crippen LogP contribution in [0, 0.1) is 0 Å². The van der Waals surface area contributed by atoms with Crippen LogP contribution in [0.25, 0.3) is 0 Å². The summed E-state index contributed by atoms with van der Waals surface area (Å²) >= 11 is 5.95. The van der Waals surface area contributed by atoms with E-state index < -0.39 is 16.1 Å². The summed E-state index contributed by atoms with van der Waals surface area (Å²) in [6.45, 7) is 0. The van der Waals surface area contributed by atoms with Crippen molar-refractivity contribution in [3.8, 4) is 11.5 Å². The molecule has 0 spiro atoms. The first kappa shape index (κ1) is 20.1. The molecule has 2 N–H and O–H groups in total. The van der Waals surface area contributed by atoms with E-state index in [-0.39, 0.29) is 27.3 Å². The molecule has 0 aromatic heterocycles. The number of anilines is 2. The third kappa shape index (κ3) is 3.92. The molecule has 0 aliphatic carbocycles. The van der Waals surface area contributed by atoms with Gasteiger partial charge >= 0.3 is 0 Å². The van der Waals surface area contributed by atoms with Crippen LogP contribution in [0.1, 0.15) is 11.7 Å². The van der Waals surface area contributed by atoms with Gasteiger partial charge in [0.2, 0.25) is 6.10 Å². The average Bonchev–Trinajstić information content (AvgIpc) is 2.73. The van der Waals surface area contributed by atoms with Crippen LogP contribution in [0.4, 0.5) is 11.4 Å². The van der Waals surface area contributed by atoms with Gasteiger partial charge in [-0.3, -0.25) is 9.52 Å². The Morgan fingerprint density at radius 3 is 2.57 bits per heavy atom. The van der Waals surface area contributed by atoms with Crippen molar-refractivity contribution < 1.29 is 22.7 Å². The predicted octanol–water partition coefficient (Wildman–Crippen LogP) is 4.22. The van der Waals surface area contributed by atoms with Gasteiger partial charge in [-0.2, -0.15) is 0 Å². The quantitative estimate of drug-likeness (QED) is 0.614. The molecule has 0 saturated carbocycles. The van der Waals surface area contributed by atoms with E-state index in [1.165, 1.54) is 31.4 Å². The van der Waals surface area contributed by atoms with E-state index in [0.29, 0.717) is 11.4 Å². The van der Waals surface area contributed by atoms with Crippen molar-refractivity contribution in [2.24, 2.45) is 0 Å². The van der Waals surface area contributed by atoms with Gasteiger partial charge in [0.15, 0.2) is 0 Å². The molecule has 30 heavy (non-hydrogen) atoms. The van der Waals surface area contributed by atoms with Crippen molar-refractivity contribution in [1.29, 1.82) is 0 Å². The second-order valence-corrected chi connectivity index (χ2v) is 8.60. The normalized spacial score (nSPS) is 15.5. The number of nitrogens with one attached hydrogen (secondary N) is 2. The number of hydrogen-bond acceptors (Lipinski definition) is 5. The van der Waals surface area contributed by atoms with Crippen LogP contribution in [0.15, 0.2) is 71.6 Å². The largest absolute Gasteiger partial charge is 0.495 e. The van der Waals surface area contributed by atoms with Crippen LogP contribution in [-0.2, 0) is 14.8 Å². The number of benzene rings is 3. The topological polar surface area (TPSA) is 93.7 Å². The number of carbonyl (C=O) groups excluding carboxylic acids is 1. The lowest BCUT2D eigenvalue weighted by Gasteiger charge is -2.26. The van der Waals surface area contributed by atoms with Crippen LogP contribution < -0.4 is 19.5 Å². The van der Waals surface area contributed by atoms with Crippen LogP contribution in [0.3, 0.4) is 0 Å². The van der Waals surface area contributed by atoms with E-state index in [1.54, 1.807) is 24.3 Å². The molecule has 1 aliphatic heterocycles. The lowest BCUT2D eigenvalue weighted by molar-refractivity contribution is -0.123. The number of hydrogen-bond donors (Lipinski definition) is 2. The first-order chi connectivity index (χ1) is 14.4. The van der Waals surface area contributed by atoms with Crippen molar-refractivity contribution in [2.45, 2.75) is 11.0 Å². The highest BCUT2D eigenvalue weighted by atomic mass is 35.5. The van der Waals surface area contributed by atoms with Crippen molar-refractivity contribution in [2.75, 3.05) is 17.1 Å². The maximum absolute atomic E-state index is 12.8. The Morgan fingerprint density at radius 2 is 1.83 bits per heavy atom. The second-order valence-electron chi connectivity index (χ2n) is 6.51. The number of halogens is 1. The van der Waals surface area contributed by atoms with Crippen molar-refractivity contribution >= 4 is 38.9 Å². The number of fused-ring (bicyclic) bond motifs is 1. The van der Waals surface area contributed by atoms with Crippen LogP contribution in [0.5, 0.6) is 11.5 Å². The molecule has 0 bridgehead atoms. The number of rotatable bonds is 5. The summed E-state index contributed by atoms with van der Waals surface area (Å²) < 4.78 is 39.1. The zero-order valence-corrected chi connectivity index (χ0v) is 17.3. The van der Waals surface area contributed by atoms with E-state index in [2.05, 4.69) is 10.0 Å². The Hall–Kier alpha value is -3.23. The average molecular weight is 445 g/mol. The first-order valence-electron chi connectivity index (χ1n) is 8.90. The highest BCUT2D eigenvalue weighted by Crippen LogP contribution is 2.37. The standard InChI is InChI=1S/C21H17ClN2O5S/c1-28-18-9-7-14(22)11-19(18)30(26,27)24-15-8-10-17-16(12-15)23-21(25)20(29-17)13-5-3-2-4-6-13/h2-12,20,24H,1H3,(H,23,25). The Morgan fingerprint density at radius 1 is 1.07 bits per heavy atom. The fourth-order valence-electron chi connectivity index (χ4n) is 3.09. The molecular weight excluding hydrogens is 428 g/mol. The number of amides is 1. The lowest BCUT2D eigenvalue weighted by Crippen LogP contribution is -2.30. The molecule has 0 saturated heterocycles. The molecule has 0 radical (unpaired) electrons. The number of methoxy groups -OCH3 is 1. The fourth-order valence-corrected chi connectivity index (χ4v) is 4.57. The molecule has 3 aromatic carbocycles. The Kier molecular flexibility index (Phi) is 5.27. The van der Waals surface area contributed by atoms with Crippen molar-refractivity contribution in [1.82, 2.24) is 0 Å². The molecule has 7 nitrogen and oxygen atoms in total. The second kappa shape index (κ2) is 7.89.